The van der Waals surface area contributed by atoms with Crippen LogP contribution in [0.5, 0.6) is 5.75 Å². The Kier molecular flexibility index (Phi) is 5.09. The first-order valence-electron chi connectivity index (χ1n) is 6.84. The smallest absolute Gasteiger partial charge is 0.138 e. The topological polar surface area (TPSA) is 78.0 Å². The molecule has 108 valence electrons. The van der Waals surface area contributed by atoms with E-state index in [1.807, 2.05) is 42.8 Å². The van der Waals surface area contributed by atoms with Crippen molar-refractivity contribution in [3.8, 4) is 5.75 Å². The van der Waals surface area contributed by atoms with Crippen molar-refractivity contribution >= 4 is 0 Å². The van der Waals surface area contributed by atoms with E-state index in [2.05, 4.69) is 15.5 Å². The van der Waals surface area contributed by atoms with Crippen LogP contribution >= 0.6 is 0 Å². The molecule has 0 saturated carbocycles. The number of rotatable bonds is 7. The lowest BCUT2D eigenvalue weighted by atomic mass is 10.0. The van der Waals surface area contributed by atoms with Crippen LogP contribution < -0.4 is 16.0 Å². The summed E-state index contributed by atoms with van der Waals surface area (Å²) in [5.41, 5.74) is 3.91. The summed E-state index contributed by atoms with van der Waals surface area (Å²) in [5, 5.41) is 4.17. The summed E-state index contributed by atoms with van der Waals surface area (Å²) in [7, 11) is 0. The molecule has 1 heterocycles. The first-order chi connectivity index (χ1) is 9.78. The number of hydrogen-bond acceptors (Lipinski definition) is 5. The normalized spacial score (nSPS) is 12.3. The van der Waals surface area contributed by atoms with Gasteiger partial charge in [0.25, 0.3) is 0 Å². The van der Waals surface area contributed by atoms with Gasteiger partial charge in [-0.05, 0) is 31.5 Å². The molecule has 0 bridgehead atoms. The van der Waals surface area contributed by atoms with Crippen LogP contribution in [-0.2, 0) is 13.0 Å². The van der Waals surface area contributed by atoms with E-state index in [1.54, 1.807) is 6.33 Å². The van der Waals surface area contributed by atoms with Gasteiger partial charge in [0.15, 0.2) is 0 Å². The van der Waals surface area contributed by atoms with E-state index in [-0.39, 0.29) is 6.04 Å². The van der Waals surface area contributed by atoms with Crippen LogP contribution in [-0.4, -0.2) is 21.4 Å². The molecule has 6 heteroatoms. The van der Waals surface area contributed by atoms with Gasteiger partial charge in [-0.3, -0.25) is 16.0 Å². The van der Waals surface area contributed by atoms with Crippen molar-refractivity contribution in [2.24, 2.45) is 5.84 Å². The van der Waals surface area contributed by atoms with E-state index in [4.69, 9.17) is 10.6 Å². The van der Waals surface area contributed by atoms with E-state index in [0.29, 0.717) is 13.0 Å². The molecule has 0 radical (unpaired) electrons. The van der Waals surface area contributed by atoms with Gasteiger partial charge in [0.2, 0.25) is 0 Å². The Balaban J connectivity index is 2.17. The summed E-state index contributed by atoms with van der Waals surface area (Å²) < 4.78 is 7.39. The number of benzene rings is 1. The Labute approximate surface area is 118 Å². The summed E-state index contributed by atoms with van der Waals surface area (Å²) in [5.74, 6) is 7.45. The van der Waals surface area contributed by atoms with Crippen LogP contribution in [0.3, 0.4) is 0 Å². The maximum atomic E-state index is 5.69. The third-order valence-electron chi connectivity index (χ3n) is 3.15. The molecule has 0 amide bonds. The molecule has 1 atom stereocenters. The minimum absolute atomic E-state index is 0.0232. The van der Waals surface area contributed by atoms with Crippen molar-refractivity contribution < 1.29 is 4.74 Å². The Bertz CT molecular complexity index is 540. The standard InChI is InChI=1S/C14H21N5O/c1-3-19-14(16-10-17-19)9-13(18-15)11-6-5-7-12(8-11)20-4-2/h5-8,10,13,18H,3-4,9,15H2,1-2H3. The van der Waals surface area contributed by atoms with Gasteiger partial charge in [0, 0.05) is 13.0 Å². The predicted octanol–water partition coefficient (Wildman–Crippen LogP) is 1.44. The van der Waals surface area contributed by atoms with Gasteiger partial charge in [-0.1, -0.05) is 12.1 Å². The summed E-state index contributed by atoms with van der Waals surface area (Å²) in [4.78, 5) is 4.28. The quantitative estimate of drug-likeness (QED) is 0.590. The molecular weight excluding hydrogens is 254 g/mol. The summed E-state index contributed by atoms with van der Waals surface area (Å²) >= 11 is 0. The second-order valence-electron chi connectivity index (χ2n) is 4.42. The Morgan fingerprint density at radius 2 is 2.25 bits per heavy atom. The molecule has 20 heavy (non-hydrogen) atoms. The Morgan fingerprint density at radius 1 is 1.40 bits per heavy atom. The molecule has 0 aliphatic rings. The van der Waals surface area contributed by atoms with Crippen LogP contribution in [0.1, 0.15) is 31.3 Å². The van der Waals surface area contributed by atoms with Gasteiger partial charge in [0.1, 0.15) is 17.9 Å². The lowest BCUT2D eigenvalue weighted by Crippen LogP contribution is -2.30. The van der Waals surface area contributed by atoms with E-state index in [9.17, 15) is 0 Å². The summed E-state index contributed by atoms with van der Waals surface area (Å²) in [6.07, 6.45) is 2.25. The first kappa shape index (κ1) is 14.5. The van der Waals surface area contributed by atoms with Crippen LogP contribution in [0.25, 0.3) is 0 Å². The number of hydrazine groups is 1. The zero-order valence-corrected chi connectivity index (χ0v) is 11.9. The Hall–Kier alpha value is -1.92. The zero-order chi connectivity index (χ0) is 14.4. The average Bonchev–Trinajstić information content (AvgIpc) is 2.92. The monoisotopic (exact) mass is 275 g/mol. The van der Waals surface area contributed by atoms with Crippen molar-refractivity contribution in [2.45, 2.75) is 32.9 Å². The minimum atomic E-state index is -0.0232. The third-order valence-corrected chi connectivity index (χ3v) is 3.15. The highest BCUT2D eigenvalue weighted by Gasteiger charge is 2.15. The fraction of sp³-hybridized carbons (Fsp3) is 0.429. The third kappa shape index (κ3) is 3.34. The van der Waals surface area contributed by atoms with Gasteiger partial charge in [0.05, 0.1) is 12.6 Å². The van der Waals surface area contributed by atoms with Gasteiger partial charge < -0.3 is 4.74 Å². The highest BCUT2D eigenvalue weighted by molar-refractivity contribution is 5.31. The van der Waals surface area contributed by atoms with Crippen molar-refractivity contribution in [1.82, 2.24) is 20.2 Å². The number of hydrogen-bond donors (Lipinski definition) is 2. The fourth-order valence-corrected chi connectivity index (χ4v) is 2.15. The molecule has 0 spiro atoms. The lowest BCUT2D eigenvalue weighted by Gasteiger charge is -2.17. The van der Waals surface area contributed by atoms with Crippen molar-refractivity contribution in [2.75, 3.05) is 6.61 Å². The molecular formula is C14H21N5O. The van der Waals surface area contributed by atoms with E-state index in [0.717, 1.165) is 23.7 Å². The van der Waals surface area contributed by atoms with Crippen LogP contribution in [0, 0.1) is 0 Å². The largest absolute Gasteiger partial charge is 0.494 e. The molecule has 1 aromatic carbocycles. The number of ether oxygens (including phenoxy) is 1. The van der Waals surface area contributed by atoms with Gasteiger partial charge in [-0.2, -0.15) is 5.10 Å². The molecule has 0 aliphatic heterocycles. The molecule has 1 unspecified atom stereocenters. The highest BCUT2D eigenvalue weighted by atomic mass is 16.5. The van der Waals surface area contributed by atoms with E-state index in [1.165, 1.54) is 0 Å². The molecule has 0 saturated heterocycles. The molecule has 6 nitrogen and oxygen atoms in total. The van der Waals surface area contributed by atoms with Crippen molar-refractivity contribution in [3.63, 3.8) is 0 Å². The zero-order valence-electron chi connectivity index (χ0n) is 11.9. The van der Waals surface area contributed by atoms with Crippen LogP contribution in [0.15, 0.2) is 30.6 Å². The van der Waals surface area contributed by atoms with Crippen LogP contribution in [0.2, 0.25) is 0 Å². The van der Waals surface area contributed by atoms with E-state index < -0.39 is 0 Å². The maximum absolute atomic E-state index is 5.69. The molecule has 0 fully saturated rings. The van der Waals surface area contributed by atoms with Crippen molar-refractivity contribution in [1.29, 1.82) is 0 Å². The number of aryl methyl sites for hydroxylation is 1. The van der Waals surface area contributed by atoms with Crippen LogP contribution in [0.4, 0.5) is 0 Å². The second kappa shape index (κ2) is 7.02. The van der Waals surface area contributed by atoms with Crippen molar-refractivity contribution in [3.05, 3.63) is 42.0 Å². The first-order valence-corrected chi connectivity index (χ1v) is 6.84. The molecule has 2 aromatic rings. The highest BCUT2D eigenvalue weighted by Crippen LogP contribution is 2.21. The molecule has 0 aliphatic carbocycles. The van der Waals surface area contributed by atoms with Gasteiger partial charge in [-0.25, -0.2) is 4.98 Å². The molecule has 1 aromatic heterocycles. The van der Waals surface area contributed by atoms with E-state index >= 15 is 0 Å². The van der Waals surface area contributed by atoms with Gasteiger partial charge >= 0.3 is 0 Å². The number of aromatic nitrogens is 3. The molecule has 2 rings (SSSR count). The fourth-order valence-electron chi connectivity index (χ4n) is 2.15. The predicted molar refractivity (Wildman–Crippen MR) is 77.1 cm³/mol. The second-order valence-corrected chi connectivity index (χ2v) is 4.42. The summed E-state index contributed by atoms with van der Waals surface area (Å²) in [6.45, 7) is 5.45. The lowest BCUT2D eigenvalue weighted by molar-refractivity contribution is 0.339. The molecule has 3 N–H and O–H groups in total. The SMILES string of the molecule is CCOc1cccc(C(Cc2ncnn2CC)NN)c1. The number of nitrogens with two attached hydrogens (primary N) is 1. The maximum Gasteiger partial charge on any atom is 0.138 e. The number of nitrogens with zero attached hydrogens (tertiary/aromatic N) is 3. The summed E-state index contributed by atoms with van der Waals surface area (Å²) in [6, 6.07) is 7.91. The van der Waals surface area contributed by atoms with Gasteiger partial charge in [-0.15, -0.1) is 0 Å². The Morgan fingerprint density at radius 3 is 2.95 bits per heavy atom. The average molecular weight is 275 g/mol. The number of nitrogens with one attached hydrogen (secondary N) is 1. The minimum Gasteiger partial charge on any atom is -0.494 e.